The third-order valence-electron chi connectivity index (χ3n) is 8.58. The molecule has 0 saturated carbocycles. The van der Waals surface area contributed by atoms with E-state index >= 15 is 0 Å². The number of fused-ring (bicyclic) bond motifs is 5. The monoisotopic (exact) mass is 560 g/mol. The first kappa shape index (κ1) is 25.1. The van der Waals surface area contributed by atoms with Gasteiger partial charge in [-0.25, -0.2) is 0 Å². The lowest BCUT2D eigenvalue weighted by Gasteiger charge is -2.37. The molecular weight excluding hydrogens is 540 g/mol. The van der Waals surface area contributed by atoms with Crippen molar-refractivity contribution in [1.82, 2.24) is 0 Å². The molecule has 2 aliphatic heterocycles. The minimum absolute atomic E-state index is 0.146. The molecule has 41 heavy (non-hydrogen) atoms. The number of nitro benzene ring substituents is 1. The predicted molar refractivity (Wildman–Crippen MR) is 155 cm³/mol. The highest BCUT2D eigenvalue weighted by molar-refractivity contribution is 6.34. The molecule has 1 saturated heterocycles. The van der Waals surface area contributed by atoms with Crippen LogP contribution in [0.4, 0.5) is 11.4 Å². The van der Waals surface area contributed by atoms with Crippen molar-refractivity contribution in [3.8, 4) is 0 Å². The number of carbonyl (C=O) groups excluding carboxylic acids is 3. The Bertz CT molecular complexity index is 1790. The second-order valence-corrected chi connectivity index (χ2v) is 10.9. The summed E-state index contributed by atoms with van der Waals surface area (Å²) in [5.74, 6) is -2.01. The molecule has 4 aromatic carbocycles. The van der Waals surface area contributed by atoms with Gasteiger partial charge in [-0.1, -0.05) is 84.4 Å². The Kier molecular flexibility index (Phi) is 5.56. The average molecular weight is 561 g/mol. The van der Waals surface area contributed by atoms with Gasteiger partial charge < -0.3 is 4.90 Å². The van der Waals surface area contributed by atoms with Gasteiger partial charge in [0.2, 0.25) is 0 Å². The minimum Gasteiger partial charge on any atom is -0.352 e. The summed E-state index contributed by atoms with van der Waals surface area (Å²) in [6, 6.07) is 24.9. The largest absolute Gasteiger partial charge is 0.352 e. The lowest BCUT2D eigenvalue weighted by atomic mass is 9.64. The maximum Gasteiger partial charge on any atom is 0.269 e. The first-order valence-electron chi connectivity index (χ1n) is 13.1. The van der Waals surface area contributed by atoms with Gasteiger partial charge in [0.15, 0.2) is 17.3 Å². The molecule has 0 bridgehead atoms. The summed E-state index contributed by atoms with van der Waals surface area (Å²) in [4.78, 5) is 56.5. The Morgan fingerprint density at radius 3 is 2.10 bits per heavy atom. The quantitative estimate of drug-likeness (QED) is 0.121. The smallest absolute Gasteiger partial charge is 0.269 e. The van der Waals surface area contributed by atoms with Crippen LogP contribution in [0.5, 0.6) is 0 Å². The molecule has 3 atom stereocenters. The van der Waals surface area contributed by atoms with E-state index in [9.17, 15) is 24.5 Å². The van der Waals surface area contributed by atoms with E-state index in [1.807, 2.05) is 41.3 Å². The van der Waals surface area contributed by atoms with Crippen LogP contribution in [-0.4, -0.2) is 34.4 Å². The molecule has 7 nitrogen and oxygen atoms in total. The molecule has 1 spiro atoms. The maximum atomic E-state index is 14.6. The first-order valence-corrected chi connectivity index (χ1v) is 13.5. The molecular formula is C33H21ClN2O5. The fourth-order valence-corrected chi connectivity index (χ4v) is 7.16. The molecule has 0 aromatic heterocycles. The number of benzene rings is 4. The van der Waals surface area contributed by atoms with Crippen LogP contribution >= 0.6 is 11.6 Å². The predicted octanol–water partition coefficient (Wildman–Crippen LogP) is 6.56. The van der Waals surface area contributed by atoms with E-state index in [1.165, 1.54) is 24.3 Å². The standard InChI is InChI=1S/C33H21ClN2O5/c34-25-11-5-4-10-24(25)28-29(30(37)20-13-16-21(17-14-20)36(40)41)35-26-12-6-1-7-19(26)15-18-27(35)33(28)31(38)22-8-2-3-9-23(22)32(33)39/h1-18,27-29H/t27-,28+,29+/m1/s1. The fourth-order valence-electron chi connectivity index (χ4n) is 6.91. The number of rotatable bonds is 4. The van der Waals surface area contributed by atoms with Crippen molar-refractivity contribution >= 4 is 46.4 Å². The van der Waals surface area contributed by atoms with Crippen molar-refractivity contribution < 1.29 is 19.3 Å². The van der Waals surface area contributed by atoms with E-state index in [4.69, 9.17) is 11.6 Å². The third kappa shape index (κ3) is 3.36. The van der Waals surface area contributed by atoms with Crippen molar-refractivity contribution in [2.24, 2.45) is 5.41 Å². The zero-order chi connectivity index (χ0) is 28.5. The number of hydrogen-bond acceptors (Lipinski definition) is 6. The molecule has 0 radical (unpaired) electrons. The number of anilines is 1. The molecule has 1 aliphatic carbocycles. The normalized spacial score (nSPS) is 21.5. The highest BCUT2D eigenvalue weighted by atomic mass is 35.5. The number of carbonyl (C=O) groups is 3. The Morgan fingerprint density at radius 1 is 0.829 bits per heavy atom. The molecule has 2 heterocycles. The van der Waals surface area contributed by atoms with Gasteiger partial charge in [-0.15, -0.1) is 0 Å². The van der Waals surface area contributed by atoms with Crippen molar-refractivity contribution in [2.45, 2.75) is 18.0 Å². The molecule has 0 unspecified atom stereocenters. The van der Waals surface area contributed by atoms with Crippen LogP contribution in [-0.2, 0) is 0 Å². The number of halogens is 1. The van der Waals surface area contributed by atoms with Gasteiger partial charge in [-0.3, -0.25) is 24.5 Å². The molecule has 8 heteroatoms. The summed E-state index contributed by atoms with van der Waals surface area (Å²) in [5, 5.41) is 11.6. The molecule has 3 aliphatic rings. The minimum atomic E-state index is -1.67. The van der Waals surface area contributed by atoms with Crippen molar-refractivity contribution in [3.05, 3.63) is 146 Å². The van der Waals surface area contributed by atoms with Crippen LogP contribution in [0.3, 0.4) is 0 Å². The van der Waals surface area contributed by atoms with Gasteiger partial charge in [0.25, 0.3) is 5.69 Å². The fraction of sp³-hybridized carbons (Fsp3) is 0.121. The van der Waals surface area contributed by atoms with E-state index in [0.29, 0.717) is 27.4 Å². The molecule has 200 valence electrons. The summed E-state index contributed by atoms with van der Waals surface area (Å²) in [6.45, 7) is 0. The number of nitro groups is 1. The highest BCUT2D eigenvalue weighted by Crippen LogP contribution is 2.61. The van der Waals surface area contributed by atoms with Crippen molar-refractivity contribution in [2.75, 3.05) is 4.90 Å². The zero-order valence-corrected chi connectivity index (χ0v) is 22.2. The van der Waals surface area contributed by atoms with Crippen LogP contribution < -0.4 is 4.90 Å². The number of nitrogens with zero attached hydrogens (tertiary/aromatic N) is 2. The van der Waals surface area contributed by atoms with Crippen LogP contribution in [0.15, 0.2) is 103 Å². The second kappa shape index (κ2) is 9.08. The summed E-state index contributed by atoms with van der Waals surface area (Å²) in [7, 11) is 0. The Balaban J connectivity index is 1.53. The lowest BCUT2D eigenvalue weighted by molar-refractivity contribution is -0.384. The summed E-state index contributed by atoms with van der Waals surface area (Å²) < 4.78 is 0. The van der Waals surface area contributed by atoms with E-state index < -0.39 is 28.3 Å². The number of non-ortho nitro benzene ring substituents is 1. The Hall–Kier alpha value is -4.88. The van der Waals surface area contributed by atoms with E-state index in [-0.39, 0.29) is 28.6 Å². The van der Waals surface area contributed by atoms with Gasteiger partial charge in [0, 0.05) is 45.5 Å². The third-order valence-corrected chi connectivity index (χ3v) is 8.93. The van der Waals surface area contributed by atoms with Gasteiger partial charge in [0.05, 0.1) is 11.0 Å². The van der Waals surface area contributed by atoms with Crippen molar-refractivity contribution in [1.29, 1.82) is 0 Å². The molecule has 4 aromatic rings. The molecule has 0 N–H and O–H groups in total. The number of para-hydroxylation sites is 1. The molecule has 7 rings (SSSR count). The lowest BCUT2D eigenvalue weighted by Crippen LogP contribution is -2.48. The summed E-state index contributed by atoms with van der Waals surface area (Å²) in [6.07, 6.45) is 3.74. The van der Waals surface area contributed by atoms with Gasteiger partial charge in [-0.05, 0) is 35.4 Å². The number of ketones is 3. The first-order chi connectivity index (χ1) is 19.9. The zero-order valence-electron chi connectivity index (χ0n) is 21.4. The van der Waals surface area contributed by atoms with E-state index in [0.717, 1.165) is 5.56 Å². The van der Waals surface area contributed by atoms with E-state index in [2.05, 4.69) is 0 Å². The Morgan fingerprint density at radius 2 is 1.44 bits per heavy atom. The topological polar surface area (TPSA) is 97.6 Å². The van der Waals surface area contributed by atoms with Crippen LogP contribution in [0.1, 0.15) is 48.1 Å². The van der Waals surface area contributed by atoms with Gasteiger partial charge in [0.1, 0.15) is 11.5 Å². The van der Waals surface area contributed by atoms with Crippen LogP contribution in [0, 0.1) is 15.5 Å². The van der Waals surface area contributed by atoms with Crippen molar-refractivity contribution in [3.63, 3.8) is 0 Å². The van der Waals surface area contributed by atoms with Gasteiger partial charge in [-0.2, -0.15) is 0 Å². The molecule has 0 amide bonds. The Labute approximate surface area is 239 Å². The van der Waals surface area contributed by atoms with Crippen LogP contribution in [0.25, 0.3) is 6.08 Å². The number of Topliss-reactive ketones (excluding diaryl/α,β-unsaturated/α-hetero) is 3. The summed E-state index contributed by atoms with van der Waals surface area (Å²) >= 11 is 6.80. The average Bonchev–Trinajstić information content (AvgIpc) is 3.43. The molecule has 1 fully saturated rings. The van der Waals surface area contributed by atoms with Crippen LogP contribution in [0.2, 0.25) is 5.02 Å². The maximum absolute atomic E-state index is 14.6. The highest BCUT2D eigenvalue weighted by Gasteiger charge is 2.71. The van der Waals surface area contributed by atoms with E-state index in [1.54, 1.807) is 48.5 Å². The number of hydrogen-bond donors (Lipinski definition) is 0. The SMILES string of the molecule is O=C(c1ccc([N+](=O)[O-])cc1)[C@@H]1[C@H](c2ccccc2Cl)C2(C(=O)c3ccccc3C2=O)[C@H]2C=Cc3ccccc3N12. The second-order valence-electron chi connectivity index (χ2n) is 10.5. The van der Waals surface area contributed by atoms with Gasteiger partial charge >= 0.3 is 0 Å². The summed E-state index contributed by atoms with van der Waals surface area (Å²) in [5.41, 5.74) is 1.14.